The topological polar surface area (TPSA) is 102 Å². The second kappa shape index (κ2) is 5.71. The first-order valence-electron chi connectivity index (χ1n) is 6.57. The molecule has 0 atom stereocenters. The van der Waals surface area contributed by atoms with Crippen LogP contribution < -0.4 is 11.1 Å². The molecular weight excluding hydrogens is 268 g/mol. The minimum absolute atomic E-state index is 0.153. The molecule has 0 saturated heterocycles. The van der Waals surface area contributed by atoms with Crippen LogP contribution in [-0.4, -0.2) is 25.7 Å². The Kier molecular flexibility index (Phi) is 3.98. The molecule has 110 valence electrons. The molecule has 1 amide bonds. The van der Waals surface area contributed by atoms with E-state index in [-0.39, 0.29) is 6.04 Å². The molecule has 7 nitrogen and oxygen atoms in total. The number of aryl methyl sites for hydroxylation is 1. The van der Waals surface area contributed by atoms with Crippen molar-refractivity contribution in [2.24, 2.45) is 0 Å². The molecule has 2 heterocycles. The van der Waals surface area contributed by atoms with Crippen molar-refractivity contribution in [1.82, 2.24) is 19.7 Å². The number of amides is 1. The normalized spacial score (nSPS) is 10.3. The first-order valence-corrected chi connectivity index (χ1v) is 6.57. The number of rotatable bonds is 3. The number of nitrogens with two attached hydrogens (primary N) is 1. The number of carbonyl (C=O) groups is 1. The lowest BCUT2D eigenvalue weighted by Crippen LogP contribution is -2.08. The Labute approximate surface area is 122 Å². The van der Waals surface area contributed by atoms with Crippen LogP contribution in [0, 0.1) is 18.8 Å². The van der Waals surface area contributed by atoms with E-state index in [0.29, 0.717) is 28.7 Å². The fourth-order valence-corrected chi connectivity index (χ4v) is 1.78. The van der Waals surface area contributed by atoms with E-state index in [1.54, 1.807) is 24.7 Å². The van der Waals surface area contributed by atoms with Gasteiger partial charge in [-0.25, -0.2) is 4.98 Å². The number of anilines is 2. The van der Waals surface area contributed by atoms with E-state index in [9.17, 15) is 4.79 Å². The molecule has 2 rings (SSSR count). The summed E-state index contributed by atoms with van der Waals surface area (Å²) < 4.78 is 1.75. The molecule has 0 aliphatic carbocycles. The van der Waals surface area contributed by atoms with Gasteiger partial charge in [0.1, 0.15) is 5.82 Å². The van der Waals surface area contributed by atoms with Crippen molar-refractivity contribution >= 4 is 17.4 Å². The third-order valence-corrected chi connectivity index (χ3v) is 2.89. The van der Waals surface area contributed by atoms with Crippen molar-refractivity contribution in [2.45, 2.75) is 33.7 Å². The molecule has 0 unspecified atom stereocenters. The highest BCUT2D eigenvalue weighted by molar-refractivity contribution is 6.05. The number of nitrogens with one attached hydrogen (secondary N) is 2. The fraction of sp³-hybridized carbons (Fsp3) is 0.357. The molecule has 0 fully saturated rings. The summed E-state index contributed by atoms with van der Waals surface area (Å²) >= 11 is 0. The molecule has 2 aromatic heterocycles. The average Bonchev–Trinajstić information content (AvgIpc) is 2.95. The Morgan fingerprint density at radius 2 is 2.24 bits per heavy atom. The summed E-state index contributed by atoms with van der Waals surface area (Å²) in [5.74, 6) is 5.60. The average molecular weight is 286 g/mol. The number of carbonyl (C=O) groups excluding carboxylic acids is 1. The predicted molar refractivity (Wildman–Crippen MR) is 81.4 cm³/mol. The summed E-state index contributed by atoms with van der Waals surface area (Å²) in [6, 6.07) is 0.153. The molecule has 0 aliphatic heterocycles. The van der Waals surface area contributed by atoms with Crippen molar-refractivity contribution < 1.29 is 4.79 Å². The van der Waals surface area contributed by atoms with E-state index in [0.717, 1.165) is 0 Å². The van der Waals surface area contributed by atoms with Gasteiger partial charge in [-0.3, -0.25) is 9.48 Å². The Balaban J connectivity index is 2.46. The van der Waals surface area contributed by atoms with E-state index in [4.69, 9.17) is 5.73 Å². The van der Waals surface area contributed by atoms with Crippen LogP contribution in [0.3, 0.4) is 0 Å². The third kappa shape index (κ3) is 3.05. The SMILES string of the molecule is CC#CC(=O)Nc1cn(C(C)C)nc1-c1nc(C)c(N)[nH]1. The van der Waals surface area contributed by atoms with Gasteiger partial charge < -0.3 is 16.0 Å². The first-order chi connectivity index (χ1) is 9.92. The number of nitrogen functional groups attached to an aromatic ring is 1. The van der Waals surface area contributed by atoms with Gasteiger partial charge in [0.25, 0.3) is 5.91 Å². The number of hydrogen-bond acceptors (Lipinski definition) is 4. The number of hydrogen-bond donors (Lipinski definition) is 3. The minimum atomic E-state index is -0.390. The zero-order valence-corrected chi connectivity index (χ0v) is 12.5. The molecule has 2 aromatic rings. The standard InChI is InChI=1S/C14H18N6O/c1-5-6-11(21)17-10-7-20(8(2)3)19-12(10)14-16-9(4)13(15)18-14/h7-8H,15H2,1-4H3,(H,16,18)(H,17,21). The van der Waals surface area contributed by atoms with Gasteiger partial charge in [-0.05, 0) is 33.6 Å². The highest BCUT2D eigenvalue weighted by Gasteiger charge is 2.17. The van der Waals surface area contributed by atoms with Gasteiger partial charge >= 0.3 is 0 Å². The Bertz CT molecular complexity index is 709. The quantitative estimate of drug-likeness (QED) is 0.747. The van der Waals surface area contributed by atoms with Crippen LogP contribution in [0.1, 0.15) is 32.5 Å². The summed E-state index contributed by atoms with van der Waals surface area (Å²) in [6.07, 6.45) is 1.75. The summed E-state index contributed by atoms with van der Waals surface area (Å²) in [7, 11) is 0. The number of nitrogens with zero attached hydrogens (tertiary/aromatic N) is 3. The van der Waals surface area contributed by atoms with E-state index in [2.05, 4.69) is 32.2 Å². The Hall–Kier alpha value is -2.75. The second-order valence-corrected chi connectivity index (χ2v) is 4.88. The maximum atomic E-state index is 11.7. The fourth-order valence-electron chi connectivity index (χ4n) is 1.78. The number of H-pyrrole nitrogens is 1. The monoisotopic (exact) mass is 286 g/mol. The van der Waals surface area contributed by atoms with Crippen molar-refractivity contribution in [3.05, 3.63) is 11.9 Å². The van der Waals surface area contributed by atoms with Crippen LogP contribution in [-0.2, 0) is 4.79 Å². The van der Waals surface area contributed by atoms with Crippen molar-refractivity contribution in [3.8, 4) is 23.4 Å². The molecule has 0 radical (unpaired) electrons. The van der Waals surface area contributed by atoms with Crippen LogP contribution in [0.5, 0.6) is 0 Å². The van der Waals surface area contributed by atoms with Gasteiger partial charge in [0, 0.05) is 12.2 Å². The number of imidazole rings is 1. The molecule has 7 heteroatoms. The lowest BCUT2D eigenvalue weighted by molar-refractivity contribution is -0.111. The summed E-state index contributed by atoms with van der Waals surface area (Å²) in [5, 5.41) is 7.17. The Morgan fingerprint density at radius 3 is 2.76 bits per heavy atom. The molecule has 21 heavy (non-hydrogen) atoms. The molecule has 0 bridgehead atoms. The van der Waals surface area contributed by atoms with Gasteiger partial charge in [0.15, 0.2) is 11.5 Å². The summed E-state index contributed by atoms with van der Waals surface area (Å²) in [6.45, 7) is 7.40. The van der Waals surface area contributed by atoms with Crippen LogP contribution in [0.4, 0.5) is 11.5 Å². The summed E-state index contributed by atoms with van der Waals surface area (Å²) in [4.78, 5) is 19.0. The van der Waals surface area contributed by atoms with Gasteiger partial charge in [0.2, 0.25) is 0 Å². The van der Waals surface area contributed by atoms with E-state index < -0.39 is 5.91 Å². The lowest BCUT2D eigenvalue weighted by atomic mass is 10.3. The van der Waals surface area contributed by atoms with Gasteiger partial charge in [0.05, 0.1) is 11.4 Å². The summed E-state index contributed by atoms with van der Waals surface area (Å²) in [5.41, 5.74) is 7.55. The molecule has 0 saturated carbocycles. The third-order valence-electron chi connectivity index (χ3n) is 2.89. The zero-order valence-electron chi connectivity index (χ0n) is 12.5. The van der Waals surface area contributed by atoms with Crippen LogP contribution in [0.25, 0.3) is 11.5 Å². The van der Waals surface area contributed by atoms with Crippen molar-refractivity contribution in [2.75, 3.05) is 11.1 Å². The highest BCUT2D eigenvalue weighted by atomic mass is 16.1. The molecule has 0 aliphatic rings. The molecule has 0 aromatic carbocycles. The first kappa shape index (κ1) is 14.7. The van der Waals surface area contributed by atoms with Crippen molar-refractivity contribution in [1.29, 1.82) is 0 Å². The lowest BCUT2D eigenvalue weighted by Gasteiger charge is -2.02. The van der Waals surface area contributed by atoms with Crippen molar-refractivity contribution in [3.63, 3.8) is 0 Å². The maximum absolute atomic E-state index is 11.7. The number of aromatic amines is 1. The maximum Gasteiger partial charge on any atom is 0.300 e. The largest absolute Gasteiger partial charge is 0.384 e. The van der Waals surface area contributed by atoms with Gasteiger partial charge in [-0.1, -0.05) is 5.92 Å². The van der Waals surface area contributed by atoms with E-state index in [1.165, 1.54) is 0 Å². The predicted octanol–water partition coefficient (Wildman–Crippen LogP) is 1.71. The van der Waals surface area contributed by atoms with E-state index in [1.807, 2.05) is 13.8 Å². The van der Waals surface area contributed by atoms with Crippen LogP contribution in [0.2, 0.25) is 0 Å². The van der Waals surface area contributed by atoms with Gasteiger partial charge in [-0.2, -0.15) is 5.10 Å². The Morgan fingerprint density at radius 1 is 1.52 bits per heavy atom. The number of aromatic nitrogens is 4. The van der Waals surface area contributed by atoms with E-state index >= 15 is 0 Å². The minimum Gasteiger partial charge on any atom is -0.384 e. The molecular formula is C14H18N6O. The zero-order chi connectivity index (χ0) is 15.6. The van der Waals surface area contributed by atoms with Crippen LogP contribution in [0.15, 0.2) is 6.20 Å². The molecule has 0 spiro atoms. The highest BCUT2D eigenvalue weighted by Crippen LogP contribution is 2.27. The van der Waals surface area contributed by atoms with Crippen LogP contribution >= 0.6 is 0 Å². The second-order valence-electron chi connectivity index (χ2n) is 4.88. The van der Waals surface area contributed by atoms with Gasteiger partial charge in [-0.15, -0.1) is 0 Å². The smallest absolute Gasteiger partial charge is 0.300 e. The molecule has 4 N–H and O–H groups in total.